The number of aliphatic hydroxyl groups excluding tert-OH is 1. The molecule has 1 radical (unpaired) electrons. The van der Waals surface area contributed by atoms with Crippen molar-refractivity contribution in [3.05, 3.63) is 64.0 Å². The molecule has 0 spiro atoms. The average molecular weight is 523 g/mol. The van der Waals surface area contributed by atoms with Gasteiger partial charge in [-0.2, -0.15) is 0 Å². The highest BCUT2D eigenvalue weighted by atomic mass is 35.5. The lowest BCUT2D eigenvalue weighted by molar-refractivity contribution is 0.125. The first-order valence-corrected chi connectivity index (χ1v) is 13.2. The van der Waals surface area contributed by atoms with Crippen molar-refractivity contribution in [2.45, 2.75) is 32.3 Å². The normalized spacial score (nSPS) is 13.1. The fraction of sp³-hybridized carbons (Fsp3) is 0.435. The number of benzene rings is 2. The summed E-state index contributed by atoms with van der Waals surface area (Å²) in [7, 11) is -3.03. The summed E-state index contributed by atoms with van der Waals surface area (Å²) in [6.07, 6.45) is 0.797. The number of rotatable bonds is 12. The van der Waals surface area contributed by atoms with Gasteiger partial charge in [-0.15, -0.1) is 11.6 Å². The van der Waals surface area contributed by atoms with Crippen molar-refractivity contribution in [2.75, 3.05) is 30.6 Å². The summed E-state index contributed by atoms with van der Waals surface area (Å²) in [5.41, 5.74) is 1.49. The van der Waals surface area contributed by atoms with Crippen molar-refractivity contribution in [1.82, 2.24) is 0 Å². The molecule has 32 heavy (non-hydrogen) atoms. The van der Waals surface area contributed by atoms with Crippen LogP contribution in [0.5, 0.6) is 11.5 Å². The Balaban J connectivity index is 2.09. The van der Waals surface area contributed by atoms with Gasteiger partial charge in [0.15, 0.2) is 5.75 Å². The topological polar surface area (TPSA) is 72.8 Å². The van der Waals surface area contributed by atoms with Crippen molar-refractivity contribution in [2.24, 2.45) is 0 Å². The Morgan fingerprint density at radius 1 is 1.06 bits per heavy atom. The molecule has 2 aromatic rings. The molecule has 0 unspecified atom stereocenters. The Morgan fingerprint density at radius 2 is 1.66 bits per heavy atom. The van der Waals surface area contributed by atoms with E-state index in [1.54, 1.807) is 25.5 Å². The molecule has 0 aliphatic rings. The van der Waals surface area contributed by atoms with E-state index in [0.29, 0.717) is 21.5 Å². The van der Waals surface area contributed by atoms with Crippen LogP contribution in [-0.4, -0.2) is 50.2 Å². The molecule has 0 amide bonds. The molecule has 0 fully saturated rings. The molecule has 0 bridgehead atoms. The van der Waals surface area contributed by atoms with Crippen LogP contribution in [0.4, 0.5) is 0 Å². The predicted molar refractivity (Wildman–Crippen MR) is 131 cm³/mol. The number of ether oxygens (including phenoxy) is 2. The molecule has 0 aliphatic heterocycles. The van der Waals surface area contributed by atoms with Gasteiger partial charge in [0, 0.05) is 17.6 Å². The first-order chi connectivity index (χ1) is 15.0. The predicted octanol–water partition coefficient (Wildman–Crippen LogP) is 5.32. The zero-order chi connectivity index (χ0) is 23.9. The van der Waals surface area contributed by atoms with Gasteiger partial charge in [-0.05, 0) is 35.4 Å². The molecule has 9 heteroatoms. The number of hydrogen-bond donors (Lipinski definition) is 1. The number of hydrogen-bond acceptors (Lipinski definition) is 5. The molecule has 0 saturated carbocycles. The minimum absolute atomic E-state index is 0.000675. The summed E-state index contributed by atoms with van der Waals surface area (Å²) in [5.74, 6) is 1.12. The molecule has 177 valence electrons. The van der Waals surface area contributed by atoms with Crippen LogP contribution in [-0.2, 0) is 15.3 Å². The van der Waals surface area contributed by atoms with Gasteiger partial charge in [0.05, 0.1) is 28.3 Å². The summed E-state index contributed by atoms with van der Waals surface area (Å²) in [6, 6.07) is 11.2. The van der Waals surface area contributed by atoms with Crippen LogP contribution in [0.25, 0.3) is 0 Å². The third kappa shape index (κ3) is 7.42. The molecule has 0 heterocycles. The van der Waals surface area contributed by atoms with Gasteiger partial charge in [0.25, 0.3) is 0 Å². The van der Waals surface area contributed by atoms with Gasteiger partial charge in [0.1, 0.15) is 28.3 Å². The third-order valence-electron chi connectivity index (χ3n) is 5.07. The van der Waals surface area contributed by atoms with Crippen LogP contribution in [0, 0.1) is 6.42 Å². The molecule has 5 nitrogen and oxygen atoms in total. The van der Waals surface area contributed by atoms with Gasteiger partial charge >= 0.3 is 0 Å². The van der Waals surface area contributed by atoms with E-state index in [4.69, 9.17) is 44.3 Å². The Bertz CT molecular complexity index is 968. The molecule has 1 N–H and O–H groups in total. The number of sulfone groups is 1. The van der Waals surface area contributed by atoms with E-state index in [0.717, 1.165) is 11.1 Å². The zero-order valence-electron chi connectivity index (χ0n) is 18.3. The van der Waals surface area contributed by atoms with E-state index >= 15 is 0 Å². The Kier molecular flexibility index (Phi) is 9.98. The molecule has 0 saturated heterocycles. The highest BCUT2D eigenvalue weighted by Gasteiger charge is 2.26. The summed E-state index contributed by atoms with van der Waals surface area (Å²) in [5, 5.41) is 10.3. The molecule has 1 atom stereocenters. The second-order valence-electron chi connectivity index (χ2n) is 7.84. The molecule has 2 rings (SSSR count). The maximum absolute atomic E-state index is 11.5. The van der Waals surface area contributed by atoms with Crippen molar-refractivity contribution < 1.29 is 23.0 Å². The summed E-state index contributed by atoms with van der Waals surface area (Å²) in [6.45, 7) is 5.93. The van der Waals surface area contributed by atoms with Crippen molar-refractivity contribution in [1.29, 1.82) is 0 Å². The number of halogens is 3. The highest BCUT2D eigenvalue weighted by molar-refractivity contribution is 7.91. The third-order valence-corrected chi connectivity index (χ3v) is 7.61. The first-order valence-electron chi connectivity index (χ1n) is 10.1. The SMILES string of the molecule is CCS(=O)(=O)C[CH]COc1ccc(C(C)(C)c2cc(Cl)c(OC[C@H](O)CCl)c(Cl)c2)cc1. The van der Waals surface area contributed by atoms with E-state index in [-0.39, 0.29) is 30.6 Å². The lowest BCUT2D eigenvalue weighted by Crippen LogP contribution is -2.20. The van der Waals surface area contributed by atoms with E-state index in [1.807, 2.05) is 38.1 Å². The molecule has 2 aromatic carbocycles. The standard InChI is InChI=1S/C23H28Cl3O5S/c1-4-32(28,29)11-5-10-30-19-8-6-16(7-9-19)23(2,3)17-12-20(25)22(21(26)13-17)31-15-18(27)14-24/h5-9,12-13,18,27H,4,10-11,14-15H2,1-3H3/t18-/m1/s1. The lowest BCUT2D eigenvalue weighted by Gasteiger charge is -2.27. The second-order valence-corrected chi connectivity index (χ2v) is 11.4. The largest absolute Gasteiger partial charge is 0.493 e. The van der Waals surface area contributed by atoms with E-state index in [2.05, 4.69) is 0 Å². The van der Waals surface area contributed by atoms with Crippen molar-refractivity contribution in [3.63, 3.8) is 0 Å². The van der Waals surface area contributed by atoms with Crippen LogP contribution < -0.4 is 9.47 Å². The summed E-state index contributed by atoms with van der Waals surface area (Å²) in [4.78, 5) is 0. The van der Waals surface area contributed by atoms with E-state index < -0.39 is 21.4 Å². The Labute approximate surface area is 205 Å². The van der Waals surface area contributed by atoms with Crippen LogP contribution in [0.1, 0.15) is 31.9 Å². The summed E-state index contributed by atoms with van der Waals surface area (Å²) < 4.78 is 34.2. The van der Waals surface area contributed by atoms with Crippen LogP contribution >= 0.6 is 34.8 Å². The first kappa shape index (κ1) is 27.1. The monoisotopic (exact) mass is 521 g/mol. The van der Waals surface area contributed by atoms with Crippen molar-refractivity contribution >= 4 is 44.6 Å². The number of aliphatic hydroxyl groups is 1. The fourth-order valence-electron chi connectivity index (χ4n) is 2.92. The minimum atomic E-state index is -3.03. The average Bonchev–Trinajstić information content (AvgIpc) is 2.76. The van der Waals surface area contributed by atoms with Gasteiger partial charge in [-0.25, -0.2) is 8.42 Å². The van der Waals surface area contributed by atoms with Gasteiger partial charge < -0.3 is 14.6 Å². The minimum Gasteiger partial charge on any atom is -0.493 e. The van der Waals surface area contributed by atoms with E-state index in [9.17, 15) is 13.5 Å². The Hall–Kier alpha value is -1.18. The maximum Gasteiger partial charge on any atom is 0.156 e. The van der Waals surface area contributed by atoms with Gasteiger partial charge in [0.2, 0.25) is 0 Å². The van der Waals surface area contributed by atoms with E-state index in [1.165, 1.54) is 0 Å². The summed E-state index contributed by atoms with van der Waals surface area (Å²) >= 11 is 18.4. The molecule has 0 aromatic heterocycles. The lowest BCUT2D eigenvalue weighted by atomic mass is 9.78. The van der Waals surface area contributed by atoms with Gasteiger partial charge in [-0.3, -0.25) is 0 Å². The second kappa shape index (κ2) is 11.8. The van der Waals surface area contributed by atoms with Crippen LogP contribution in [0.3, 0.4) is 0 Å². The quantitative estimate of drug-likeness (QED) is 0.302. The molecular weight excluding hydrogens is 495 g/mol. The fourth-order valence-corrected chi connectivity index (χ4v) is 4.29. The zero-order valence-corrected chi connectivity index (χ0v) is 21.4. The van der Waals surface area contributed by atoms with Crippen LogP contribution in [0.2, 0.25) is 10.0 Å². The van der Waals surface area contributed by atoms with Crippen LogP contribution in [0.15, 0.2) is 36.4 Å². The molecule has 0 aliphatic carbocycles. The smallest absolute Gasteiger partial charge is 0.156 e. The maximum atomic E-state index is 11.5. The molecular formula is C23H28Cl3O5S. The van der Waals surface area contributed by atoms with Crippen molar-refractivity contribution in [3.8, 4) is 11.5 Å². The highest BCUT2D eigenvalue weighted by Crippen LogP contribution is 2.40. The van der Waals surface area contributed by atoms with Gasteiger partial charge in [-0.1, -0.05) is 56.1 Å². The Morgan fingerprint density at radius 3 is 2.19 bits per heavy atom. The number of alkyl halides is 1.